The van der Waals surface area contributed by atoms with E-state index in [2.05, 4.69) is 206 Å². The van der Waals surface area contributed by atoms with Crippen LogP contribution in [0.3, 0.4) is 0 Å². The van der Waals surface area contributed by atoms with Gasteiger partial charge in [0, 0.05) is 0 Å². The Balaban J connectivity index is 1.13. The van der Waals surface area contributed by atoms with Crippen LogP contribution in [0.25, 0.3) is 34.4 Å². The van der Waals surface area contributed by atoms with Crippen molar-refractivity contribution >= 4 is 43.2 Å². The lowest BCUT2D eigenvalue weighted by Crippen LogP contribution is -2.26. The first kappa shape index (κ1) is 29.9. The lowest BCUT2D eigenvalue weighted by atomic mass is 9.94. The third-order valence-electron chi connectivity index (χ3n) is 8.55. The quantitative estimate of drug-likeness (QED) is 0.112. The third-order valence-corrected chi connectivity index (χ3v) is 10.3. The Morgan fingerprint density at radius 1 is 0.298 bits per heavy atom. The first-order valence-corrected chi connectivity index (χ1v) is 17.6. The molecule has 224 valence electrons. The SMILES string of the molecule is C(=C(c1ccccc1)c1ccccc1)c1ccc(-c2ccc(C=C(c3ccccc3)c3ccc([SiH2]c4ccccc4)cc3)cc2)cc1. The molecule has 0 aliphatic rings. The van der Waals surface area contributed by atoms with Crippen LogP contribution in [-0.4, -0.2) is 9.52 Å². The van der Waals surface area contributed by atoms with Gasteiger partial charge in [0.05, 0.1) is 9.52 Å². The molecule has 0 atom stereocenters. The van der Waals surface area contributed by atoms with E-state index in [9.17, 15) is 0 Å². The van der Waals surface area contributed by atoms with Crippen LogP contribution in [0.1, 0.15) is 33.4 Å². The molecule has 7 aromatic rings. The summed E-state index contributed by atoms with van der Waals surface area (Å²) in [5, 5.41) is 2.92. The fourth-order valence-corrected chi connectivity index (χ4v) is 7.48. The van der Waals surface area contributed by atoms with E-state index in [-0.39, 0.29) is 0 Å². The molecule has 0 spiro atoms. The zero-order valence-electron chi connectivity index (χ0n) is 26.3. The Bertz CT molecular complexity index is 2030. The fourth-order valence-electron chi connectivity index (χ4n) is 6.03. The first-order chi connectivity index (χ1) is 23.3. The van der Waals surface area contributed by atoms with Gasteiger partial charge in [0.1, 0.15) is 0 Å². The summed E-state index contributed by atoms with van der Waals surface area (Å²) >= 11 is 0. The summed E-state index contributed by atoms with van der Waals surface area (Å²) in [5.41, 5.74) is 12.1. The molecule has 0 heterocycles. The number of rotatable bonds is 9. The van der Waals surface area contributed by atoms with E-state index in [1.807, 2.05) is 0 Å². The van der Waals surface area contributed by atoms with Crippen LogP contribution in [0, 0.1) is 0 Å². The molecule has 47 heavy (non-hydrogen) atoms. The number of benzene rings is 7. The Hall–Kier alpha value is -5.76. The Morgan fingerprint density at radius 3 is 1.00 bits per heavy atom. The Labute approximate surface area is 280 Å². The molecule has 1 heteroatoms. The molecule has 0 saturated carbocycles. The van der Waals surface area contributed by atoms with Crippen molar-refractivity contribution in [1.82, 2.24) is 0 Å². The zero-order valence-corrected chi connectivity index (χ0v) is 27.8. The van der Waals surface area contributed by atoms with Gasteiger partial charge in [0.2, 0.25) is 0 Å². The van der Waals surface area contributed by atoms with E-state index in [1.165, 1.54) is 66.0 Å². The molecule has 0 aliphatic carbocycles. The second kappa shape index (κ2) is 14.6. The topological polar surface area (TPSA) is 0 Å². The van der Waals surface area contributed by atoms with Crippen LogP contribution in [-0.2, 0) is 0 Å². The van der Waals surface area contributed by atoms with Gasteiger partial charge in [-0.2, -0.15) is 0 Å². The van der Waals surface area contributed by atoms with Crippen LogP contribution in [0.15, 0.2) is 194 Å². The first-order valence-electron chi connectivity index (χ1n) is 16.2. The van der Waals surface area contributed by atoms with Crippen molar-refractivity contribution < 1.29 is 0 Å². The van der Waals surface area contributed by atoms with Gasteiger partial charge in [-0.15, -0.1) is 0 Å². The van der Waals surface area contributed by atoms with Crippen molar-refractivity contribution in [2.45, 2.75) is 0 Å². The predicted octanol–water partition coefficient (Wildman–Crippen LogP) is 9.65. The highest BCUT2D eigenvalue weighted by Crippen LogP contribution is 2.29. The fraction of sp³-hybridized carbons (Fsp3) is 0. The van der Waals surface area contributed by atoms with E-state index < -0.39 is 9.52 Å². The monoisotopic (exact) mass is 616 g/mol. The summed E-state index contributed by atoms with van der Waals surface area (Å²) < 4.78 is 0. The van der Waals surface area contributed by atoms with E-state index in [1.54, 1.807) is 0 Å². The normalized spacial score (nSPS) is 11.4. The summed E-state index contributed by atoms with van der Waals surface area (Å²) in [6, 6.07) is 69.8. The van der Waals surface area contributed by atoms with E-state index in [0.29, 0.717) is 0 Å². The molecular weight excluding hydrogens is 581 g/mol. The zero-order chi connectivity index (χ0) is 31.7. The minimum atomic E-state index is -0.481. The van der Waals surface area contributed by atoms with Gasteiger partial charge in [0.15, 0.2) is 0 Å². The van der Waals surface area contributed by atoms with Gasteiger partial charge in [-0.25, -0.2) is 0 Å². The van der Waals surface area contributed by atoms with Crippen molar-refractivity contribution in [2.75, 3.05) is 0 Å². The summed E-state index contributed by atoms with van der Waals surface area (Å²) in [4.78, 5) is 0. The van der Waals surface area contributed by atoms with Crippen LogP contribution >= 0.6 is 0 Å². The number of hydrogen-bond acceptors (Lipinski definition) is 0. The second-order valence-corrected chi connectivity index (χ2v) is 13.8. The van der Waals surface area contributed by atoms with Crippen molar-refractivity contribution in [1.29, 1.82) is 0 Å². The molecule has 0 aliphatic heterocycles. The summed E-state index contributed by atoms with van der Waals surface area (Å²) in [6.07, 6.45) is 4.59. The highest BCUT2D eigenvalue weighted by Gasteiger charge is 2.08. The van der Waals surface area contributed by atoms with Crippen LogP contribution in [0.4, 0.5) is 0 Å². The Morgan fingerprint density at radius 2 is 0.617 bits per heavy atom. The van der Waals surface area contributed by atoms with Gasteiger partial charge in [-0.1, -0.05) is 204 Å². The largest absolute Gasteiger partial charge is 0.0875 e. The van der Waals surface area contributed by atoms with E-state index in [0.717, 1.165) is 0 Å². The molecule has 0 saturated heterocycles. The summed E-state index contributed by atoms with van der Waals surface area (Å²) in [7, 11) is -0.481. The molecular formula is C46H36Si. The molecule has 0 bridgehead atoms. The minimum Gasteiger partial charge on any atom is -0.0633 e. The van der Waals surface area contributed by atoms with Crippen molar-refractivity contribution in [3.8, 4) is 11.1 Å². The number of hydrogen-bond donors (Lipinski definition) is 0. The van der Waals surface area contributed by atoms with Crippen LogP contribution in [0.2, 0.25) is 0 Å². The standard InChI is InChI=1S/C46H36Si/c1-5-13-39(14-6-1)45(40-15-7-2-8-16-40)33-35-21-25-37(26-22-35)38-27-23-36(24-28-38)34-46(41-17-9-3-10-18-41)42-29-31-44(32-30-42)47-43-19-11-4-12-20-43/h1-34H,47H2. The molecule has 0 unspecified atom stereocenters. The van der Waals surface area contributed by atoms with E-state index in [4.69, 9.17) is 0 Å². The molecule has 0 radical (unpaired) electrons. The van der Waals surface area contributed by atoms with Gasteiger partial charge in [0.25, 0.3) is 0 Å². The average molecular weight is 617 g/mol. The molecule has 0 aromatic heterocycles. The lowest BCUT2D eigenvalue weighted by molar-refractivity contribution is 1.54. The van der Waals surface area contributed by atoms with Gasteiger partial charge >= 0.3 is 0 Å². The van der Waals surface area contributed by atoms with Gasteiger partial charge < -0.3 is 0 Å². The van der Waals surface area contributed by atoms with Crippen molar-refractivity contribution in [2.24, 2.45) is 0 Å². The third kappa shape index (κ3) is 7.56. The highest BCUT2D eigenvalue weighted by atomic mass is 28.2. The van der Waals surface area contributed by atoms with Crippen molar-refractivity contribution in [3.63, 3.8) is 0 Å². The van der Waals surface area contributed by atoms with Gasteiger partial charge in [-0.05, 0) is 67.8 Å². The van der Waals surface area contributed by atoms with Crippen molar-refractivity contribution in [3.05, 3.63) is 228 Å². The minimum absolute atomic E-state index is 0.481. The lowest BCUT2D eigenvalue weighted by Gasteiger charge is -2.11. The maximum Gasteiger partial charge on any atom is 0.0875 e. The molecule has 0 N–H and O–H groups in total. The molecule has 0 amide bonds. The second-order valence-electron chi connectivity index (χ2n) is 11.8. The Kier molecular flexibility index (Phi) is 9.27. The molecule has 0 nitrogen and oxygen atoms in total. The molecule has 0 fully saturated rings. The average Bonchev–Trinajstić information content (AvgIpc) is 3.15. The summed E-state index contributed by atoms with van der Waals surface area (Å²) in [5.74, 6) is 0. The maximum absolute atomic E-state index is 2.32. The molecule has 7 rings (SSSR count). The van der Waals surface area contributed by atoms with Crippen LogP contribution < -0.4 is 10.4 Å². The molecule has 7 aromatic carbocycles. The smallest absolute Gasteiger partial charge is 0.0633 e. The maximum atomic E-state index is 2.32. The van der Waals surface area contributed by atoms with Gasteiger partial charge in [-0.3, -0.25) is 0 Å². The van der Waals surface area contributed by atoms with E-state index >= 15 is 0 Å². The summed E-state index contributed by atoms with van der Waals surface area (Å²) in [6.45, 7) is 0. The van der Waals surface area contributed by atoms with Crippen LogP contribution in [0.5, 0.6) is 0 Å². The highest BCUT2D eigenvalue weighted by molar-refractivity contribution is 6.67. The predicted molar refractivity (Wildman–Crippen MR) is 206 cm³/mol.